The molecule has 12 nitrogen and oxygen atoms in total. The molecule has 0 atom stereocenters. The monoisotopic (exact) mass is 600 g/mol. The number of hydrogen-bond acceptors (Lipinski definition) is 9. The third-order valence-corrected chi connectivity index (χ3v) is 6.63. The van der Waals surface area contributed by atoms with Crippen LogP contribution in [0.3, 0.4) is 0 Å². The van der Waals surface area contributed by atoms with Gasteiger partial charge >= 0.3 is 7.82 Å². The minimum absolute atomic E-state index is 0.0581. The third kappa shape index (κ3) is 8.17. The first-order chi connectivity index (χ1) is 20.5. The summed E-state index contributed by atoms with van der Waals surface area (Å²) in [5.74, 6) is -1.32. The van der Waals surface area contributed by atoms with Crippen molar-refractivity contribution in [1.82, 2.24) is 0 Å². The smallest absolute Gasteiger partial charge is 0.395 e. The lowest BCUT2D eigenvalue weighted by Gasteiger charge is -2.14. The normalized spacial score (nSPS) is 12.5. The molecule has 0 saturated heterocycles. The van der Waals surface area contributed by atoms with Crippen LogP contribution in [0.25, 0.3) is 12.2 Å². The van der Waals surface area contributed by atoms with Crippen molar-refractivity contribution in [2.75, 3.05) is 0 Å². The van der Waals surface area contributed by atoms with E-state index in [0.29, 0.717) is 11.1 Å². The highest BCUT2D eigenvalue weighted by Crippen LogP contribution is 2.44. The Balaban J connectivity index is 1.43. The molecule has 4 aromatic rings. The molecule has 4 aromatic carbocycles. The second kappa shape index (κ2) is 13.3. The number of ketones is 2. The van der Waals surface area contributed by atoms with Gasteiger partial charge in [0.15, 0.2) is 11.6 Å². The predicted octanol–water partition coefficient (Wildman–Crippen LogP) is 6.85. The van der Waals surface area contributed by atoms with Gasteiger partial charge in [-0.25, -0.2) is 4.57 Å². The maximum Gasteiger partial charge on any atom is 0.584 e. The predicted molar refractivity (Wildman–Crippen MR) is 157 cm³/mol. The molecule has 0 saturated carbocycles. The molecule has 0 amide bonds. The van der Waals surface area contributed by atoms with Crippen LogP contribution in [0.5, 0.6) is 11.5 Å². The molecule has 0 aliphatic rings. The Morgan fingerprint density at radius 2 is 1.05 bits per heavy atom. The fourth-order valence-electron chi connectivity index (χ4n) is 3.84. The summed E-state index contributed by atoms with van der Waals surface area (Å²) >= 11 is 0. The zero-order valence-electron chi connectivity index (χ0n) is 22.0. The van der Waals surface area contributed by atoms with E-state index >= 15 is 0 Å². The third-order valence-electron chi connectivity index (χ3n) is 5.74. The van der Waals surface area contributed by atoms with Crippen LogP contribution < -0.4 is 9.05 Å². The van der Waals surface area contributed by atoms with Gasteiger partial charge in [-0.1, -0.05) is 60.7 Å². The Bertz CT molecular complexity index is 1700. The number of carbonyl (C=O) groups excluding carboxylic acids is 2. The van der Waals surface area contributed by atoms with Gasteiger partial charge in [-0.3, -0.25) is 34.7 Å². The molecule has 4 rings (SSSR count). The number of benzene rings is 4. The molecule has 0 aliphatic carbocycles. The summed E-state index contributed by atoms with van der Waals surface area (Å²) in [5.41, 5.74) is -0.0443. The summed E-state index contributed by atoms with van der Waals surface area (Å²) in [4.78, 5) is 56.4. The van der Waals surface area contributed by atoms with Crippen molar-refractivity contribution in [2.45, 2.75) is 0 Å². The highest BCUT2D eigenvalue weighted by molar-refractivity contribution is 7.48. The average Bonchev–Trinajstić information content (AvgIpc) is 2.98. The molecule has 0 aliphatic heterocycles. The Kier molecular flexibility index (Phi) is 9.36. The molecule has 0 bridgehead atoms. The number of phosphoric acid groups is 1. The molecular formula is C30H21N2O10P. The summed E-state index contributed by atoms with van der Waals surface area (Å²) in [6.07, 6.45) is 5.01. The van der Waals surface area contributed by atoms with Crippen molar-refractivity contribution in [3.8, 4) is 11.5 Å². The van der Waals surface area contributed by atoms with Crippen molar-refractivity contribution in [3.63, 3.8) is 0 Å². The number of hydrogen-bond donors (Lipinski definition) is 1. The summed E-state index contributed by atoms with van der Waals surface area (Å²) in [7, 11) is -4.71. The Morgan fingerprint density at radius 3 is 1.44 bits per heavy atom. The number of rotatable bonds is 12. The summed E-state index contributed by atoms with van der Waals surface area (Å²) in [6.45, 7) is 0. The Morgan fingerprint density at radius 1 is 0.651 bits per heavy atom. The molecule has 0 heterocycles. The van der Waals surface area contributed by atoms with Crippen molar-refractivity contribution in [1.29, 1.82) is 0 Å². The minimum Gasteiger partial charge on any atom is -0.395 e. The molecule has 216 valence electrons. The maximum absolute atomic E-state index is 12.7. The van der Waals surface area contributed by atoms with Gasteiger partial charge in [0.2, 0.25) is 0 Å². The summed E-state index contributed by atoms with van der Waals surface area (Å²) in [5, 5.41) is 22.4. The van der Waals surface area contributed by atoms with Crippen LogP contribution in [0.4, 0.5) is 11.4 Å². The molecule has 0 fully saturated rings. The van der Waals surface area contributed by atoms with Crippen LogP contribution in [0.15, 0.2) is 109 Å². The number of nitrogens with zero attached hydrogens (tertiary/aromatic N) is 2. The Hall–Kier alpha value is -5.71. The fourth-order valence-corrected chi connectivity index (χ4v) is 4.64. The number of allylic oxidation sites excluding steroid dienone is 2. The van der Waals surface area contributed by atoms with E-state index < -0.39 is 29.2 Å². The molecule has 0 unspecified atom stereocenters. The Labute approximate surface area is 244 Å². The van der Waals surface area contributed by atoms with Gasteiger partial charge < -0.3 is 9.05 Å². The van der Waals surface area contributed by atoms with Crippen LogP contribution >= 0.6 is 7.82 Å². The summed E-state index contributed by atoms with van der Waals surface area (Å²) < 4.78 is 23.0. The first kappa shape index (κ1) is 30.3. The molecule has 1 N–H and O–H groups in total. The van der Waals surface area contributed by atoms with Crippen molar-refractivity contribution < 1.29 is 37.9 Å². The second-order valence-corrected chi connectivity index (χ2v) is 10.0. The zero-order chi connectivity index (χ0) is 31.0. The lowest BCUT2D eigenvalue weighted by atomic mass is 10.1. The van der Waals surface area contributed by atoms with Crippen LogP contribution in [-0.2, 0) is 4.57 Å². The van der Waals surface area contributed by atoms with Crippen LogP contribution in [0.1, 0.15) is 31.8 Å². The largest absolute Gasteiger partial charge is 0.584 e. The lowest BCUT2D eigenvalue weighted by Crippen LogP contribution is -2.01. The number of nitro groups is 2. The molecule has 0 spiro atoms. The van der Waals surface area contributed by atoms with Gasteiger partial charge in [0.05, 0.1) is 21.0 Å². The van der Waals surface area contributed by atoms with Gasteiger partial charge in [-0.05, 0) is 59.7 Å². The fraction of sp³-hybridized carbons (Fsp3) is 0. The van der Waals surface area contributed by atoms with Crippen LogP contribution in [0, 0.1) is 20.2 Å². The highest BCUT2D eigenvalue weighted by atomic mass is 31.2. The minimum atomic E-state index is -4.71. The van der Waals surface area contributed by atoms with Gasteiger partial charge in [-0.2, -0.15) is 0 Å². The van der Waals surface area contributed by atoms with E-state index in [1.165, 1.54) is 97.1 Å². The topological polar surface area (TPSA) is 176 Å². The first-order valence-electron chi connectivity index (χ1n) is 12.4. The highest BCUT2D eigenvalue weighted by Gasteiger charge is 2.25. The standard InChI is InChI=1S/C30H21N2O10P/c33-29(25-11-1-3-13-27(25)31(35)36)17-15-21-7-5-9-23(19-21)41-43(39,40)42-24-10-6-8-22(20-24)16-18-30(34)26-12-2-4-14-28(26)32(37)38/h1-20H,(H,39,40). The van der Waals surface area contributed by atoms with Crippen molar-refractivity contribution in [2.24, 2.45) is 0 Å². The molecule has 43 heavy (non-hydrogen) atoms. The first-order valence-corrected chi connectivity index (χ1v) is 13.9. The number of phosphoric ester groups is 1. The summed E-state index contributed by atoms with van der Waals surface area (Å²) in [6, 6.07) is 22.7. The van der Waals surface area contributed by atoms with Crippen LogP contribution in [-0.4, -0.2) is 26.3 Å². The zero-order valence-corrected chi connectivity index (χ0v) is 22.9. The van der Waals surface area contributed by atoms with Gasteiger partial charge in [0, 0.05) is 12.1 Å². The van der Waals surface area contributed by atoms with Gasteiger partial charge in [0.25, 0.3) is 11.4 Å². The quantitative estimate of drug-likeness (QED) is 0.0594. The molecular weight excluding hydrogens is 579 g/mol. The van der Waals surface area contributed by atoms with E-state index in [2.05, 4.69) is 0 Å². The molecule has 0 radical (unpaired) electrons. The van der Waals surface area contributed by atoms with E-state index in [0.717, 1.165) is 12.2 Å². The van der Waals surface area contributed by atoms with Crippen molar-refractivity contribution >= 4 is 42.9 Å². The van der Waals surface area contributed by atoms with E-state index in [9.17, 15) is 39.3 Å². The van der Waals surface area contributed by atoms with Crippen molar-refractivity contribution in [3.05, 3.63) is 152 Å². The number of carbonyl (C=O) groups is 2. The molecule has 13 heteroatoms. The second-order valence-electron chi connectivity index (χ2n) is 8.74. The maximum atomic E-state index is 12.7. The lowest BCUT2D eigenvalue weighted by molar-refractivity contribution is -0.385. The van der Waals surface area contributed by atoms with E-state index in [-0.39, 0.29) is 34.0 Å². The van der Waals surface area contributed by atoms with Gasteiger partial charge in [-0.15, -0.1) is 0 Å². The average molecular weight is 600 g/mol. The SMILES string of the molecule is O=C(C=Cc1cccc(OP(=O)(O)Oc2cccc(C=CC(=O)c3ccccc3[N+](=O)[O-])c2)c1)c1ccccc1[N+](=O)[O-]. The number of para-hydroxylation sites is 2. The van der Waals surface area contributed by atoms with Gasteiger partial charge in [0.1, 0.15) is 11.5 Å². The molecule has 0 aromatic heterocycles. The van der Waals surface area contributed by atoms with Crippen LogP contribution in [0.2, 0.25) is 0 Å². The number of nitro benzene ring substituents is 2. The van der Waals surface area contributed by atoms with E-state index in [1.807, 2.05) is 0 Å². The van der Waals surface area contributed by atoms with E-state index in [1.54, 1.807) is 12.1 Å². The van der Waals surface area contributed by atoms with E-state index in [4.69, 9.17) is 9.05 Å².